The molecule has 0 bridgehead atoms. The Labute approximate surface area is 192 Å². The molecule has 0 fully saturated rings. The van der Waals surface area contributed by atoms with Crippen LogP contribution >= 0.6 is 22.9 Å². The predicted molar refractivity (Wildman–Crippen MR) is 129 cm³/mol. The lowest BCUT2D eigenvalue weighted by Gasteiger charge is -2.19. The molecular formula is C25H17ClN2O3S. The summed E-state index contributed by atoms with van der Waals surface area (Å²) >= 11 is 7.65. The van der Waals surface area contributed by atoms with Crippen LogP contribution in [0.3, 0.4) is 0 Å². The maximum Gasteiger partial charge on any atom is 0.267 e. The highest BCUT2D eigenvalue weighted by Gasteiger charge is 2.25. The van der Waals surface area contributed by atoms with E-state index in [4.69, 9.17) is 21.0 Å². The van der Waals surface area contributed by atoms with Gasteiger partial charge in [-0.2, -0.15) is 0 Å². The van der Waals surface area contributed by atoms with Crippen LogP contribution in [0.5, 0.6) is 0 Å². The van der Waals surface area contributed by atoms with Crippen molar-refractivity contribution in [3.8, 4) is 0 Å². The molecule has 1 amide bonds. The van der Waals surface area contributed by atoms with Crippen LogP contribution in [0, 0.1) is 6.92 Å². The number of rotatable bonds is 4. The summed E-state index contributed by atoms with van der Waals surface area (Å²) in [5.41, 5.74) is 2.55. The Balaban J connectivity index is 1.65. The van der Waals surface area contributed by atoms with Crippen LogP contribution in [-0.4, -0.2) is 10.9 Å². The van der Waals surface area contributed by atoms with Gasteiger partial charge in [0.05, 0.1) is 22.1 Å². The van der Waals surface area contributed by atoms with E-state index in [9.17, 15) is 9.59 Å². The highest BCUT2D eigenvalue weighted by molar-refractivity contribution is 7.22. The van der Waals surface area contributed by atoms with E-state index in [0.29, 0.717) is 21.1 Å². The Morgan fingerprint density at radius 1 is 1.06 bits per heavy atom. The van der Waals surface area contributed by atoms with Crippen molar-refractivity contribution in [2.24, 2.45) is 0 Å². The van der Waals surface area contributed by atoms with Crippen LogP contribution in [0.15, 0.2) is 82.2 Å². The highest BCUT2D eigenvalue weighted by Crippen LogP contribution is 2.34. The Hall–Kier alpha value is -3.48. The number of hydrogen-bond donors (Lipinski definition) is 0. The standard InChI is InChI=1S/C25H17ClN2O3S/c1-15-19(26)11-12-21-22(15)27-25(32-21)28(13-16-7-3-2-4-8-16)24(30)18-14-31-20-10-6-5-9-17(20)23(18)29/h2-12,14H,13H2,1H3. The average molecular weight is 461 g/mol. The van der Waals surface area contributed by atoms with Gasteiger partial charge in [-0.3, -0.25) is 14.5 Å². The fourth-order valence-electron chi connectivity index (χ4n) is 3.57. The third-order valence-corrected chi connectivity index (χ3v) is 6.76. The fraction of sp³-hybridized carbons (Fsp3) is 0.0800. The largest absolute Gasteiger partial charge is 0.463 e. The number of carbonyl (C=O) groups is 1. The van der Waals surface area contributed by atoms with Gasteiger partial charge in [-0.15, -0.1) is 0 Å². The van der Waals surface area contributed by atoms with Gasteiger partial charge in [0.1, 0.15) is 17.4 Å². The summed E-state index contributed by atoms with van der Waals surface area (Å²) in [6.45, 7) is 2.16. The molecule has 3 aromatic carbocycles. The number of fused-ring (bicyclic) bond motifs is 2. The molecule has 0 spiro atoms. The SMILES string of the molecule is Cc1c(Cl)ccc2sc(N(Cc3ccccc3)C(=O)c3coc4ccccc4c3=O)nc12. The molecule has 0 saturated heterocycles. The summed E-state index contributed by atoms with van der Waals surface area (Å²) < 4.78 is 6.51. The third kappa shape index (κ3) is 3.57. The van der Waals surface area contributed by atoms with E-state index in [0.717, 1.165) is 21.3 Å². The number of halogens is 1. The van der Waals surface area contributed by atoms with Gasteiger partial charge in [-0.05, 0) is 42.3 Å². The molecule has 0 N–H and O–H groups in total. The maximum atomic E-state index is 13.6. The fourth-order valence-corrected chi connectivity index (χ4v) is 4.74. The molecule has 0 aliphatic heterocycles. The molecule has 0 aliphatic rings. The number of aryl methyl sites for hydroxylation is 1. The number of amides is 1. The van der Waals surface area contributed by atoms with Crippen molar-refractivity contribution >= 4 is 55.2 Å². The molecule has 0 aliphatic carbocycles. The van der Waals surface area contributed by atoms with Crippen LogP contribution in [0.1, 0.15) is 21.5 Å². The van der Waals surface area contributed by atoms with E-state index in [-0.39, 0.29) is 17.5 Å². The molecule has 0 saturated carbocycles. The molecule has 2 heterocycles. The van der Waals surface area contributed by atoms with E-state index in [1.165, 1.54) is 22.5 Å². The van der Waals surface area contributed by atoms with E-state index >= 15 is 0 Å². The second-order valence-corrected chi connectivity index (χ2v) is 8.78. The van der Waals surface area contributed by atoms with Crippen LogP contribution < -0.4 is 10.3 Å². The van der Waals surface area contributed by atoms with E-state index < -0.39 is 5.91 Å². The first kappa shape index (κ1) is 20.4. The molecule has 0 atom stereocenters. The molecule has 0 radical (unpaired) electrons. The van der Waals surface area contributed by atoms with E-state index in [1.54, 1.807) is 24.3 Å². The summed E-state index contributed by atoms with van der Waals surface area (Å²) in [5.74, 6) is -0.462. The van der Waals surface area contributed by atoms with Crippen LogP contribution in [-0.2, 0) is 6.54 Å². The summed E-state index contributed by atoms with van der Waals surface area (Å²) in [6.07, 6.45) is 1.24. The lowest BCUT2D eigenvalue weighted by molar-refractivity contribution is 0.0982. The van der Waals surface area contributed by atoms with Gasteiger partial charge in [0.15, 0.2) is 5.13 Å². The molecule has 0 unspecified atom stereocenters. The number of hydrogen-bond acceptors (Lipinski definition) is 5. The van der Waals surface area contributed by atoms with Crippen molar-refractivity contribution in [3.63, 3.8) is 0 Å². The van der Waals surface area contributed by atoms with Gasteiger partial charge in [0, 0.05) is 5.02 Å². The summed E-state index contributed by atoms with van der Waals surface area (Å²) in [5, 5.41) is 1.47. The minimum absolute atomic E-state index is 0.0337. The summed E-state index contributed by atoms with van der Waals surface area (Å²) in [6, 6.07) is 20.2. The zero-order valence-electron chi connectivity index (χ0n) is 17.0. The van der Waals surface area contributed by atoms with Gasteiger partial charge in [-0.1, -0.05) is 65.4 Å². The normalized spacial score (nSPS) is 11.2. The van der Waals surface area contributed by atoms with Crippen molar-refractivity contribution in [3.05, 3.63) is 105 Å². The zero-order chi connectivity index (χ0) is 22.2. The van der Waals surface area contributed by atoms with E-state index in [1.807, 2.05) is 49.4 Å². The minimum atomic E-state index is -0.462. The van der Waals surface area contributed by atoms with Crippen LogP contribution in [0.25, 0.3) is 21.2 Å². The minimum Gasteiger partial charge on any atom is -0.463 e. The van der Waals surface area contributed by atoms with Gasteiger partial charge in [0.25, 0.3) is 5.91 Å². The van der Waals surface area contributed by atoms with Crippen molar-refractivity contribution in [1.82, 2.24) is 4.98 Å². The van der Waals surface area contributed by atoms with Crippen molar-refractivity contribution in [2.75, 3.05) is 4.90 Å². The highest BCUT2D eigenvalue weighted by atomic mass is 35.5. The number of carbonyl (C=O) groups excluding carboxylic acids is 1. The molecule has 5 nitrogen and oxygen atoms in total. The van der Waals surface area contributed by atoms with Gasteiger partial charge in [0.2, 0.25) is 5.43 Å². The average Bonchev–Trinajstić information content (AvgIpc) is 3.25. The smallest absolute Gasteiger partial charge is 0.267 e. The summed E-state index contributed by atoms with van der Waals surface area (Å²) in [4.78, 5) is 33.0. The van der Waals surface area contributed by atoms with Crippen LogP contribution in [0.2, 0.25) is 5.02 Å². The maximum absolute atomic E-state index is 13.6. The molecule has 5 rings (SSSR count). The van der Waals surface area contributed by atoms with Gasteiger partial charge >= 0.3 is 0 Å². The Morgan fingerprint density at radius 2 is 1.81 bits per heavy atom. The van der Waals surface area contributed by atoms with Crippen molar-refractivity contribution in [2.45, 2.75) is 13.5 Å². The number of anilines is 1. The summed E-state index contributed by atoms with van der Waals surface area (Å²) in [7, 11) is 0. The zero-order valence-corrected chi connectivity index (χ0v) is 18.6. The van der Waals surface area contributed by atoms with Crippen molar-refractivity contribution in [1.29, 1.82) is 0 Å². The van der Waals surface area contributed by atoms with E-state index in [2.05, 4.69) is 0 Å². The van der Waals surface area contributed by atoms with Gasteiger partial charge < -0.3 is 4.42 Å². The monoisotopic (exact) mass is 460 g/mol. The second kappa shape index (κ2) is 8.22. The quantitative estimate of drug-likeness (QED) is 0.320. The molecule has 158 valence electrons. The Morgan fingerprint density at radius 3 is 2.62 bits per heavy atom. The number of para-hydroxylation sites is 1. The predicted octanol–water partition coefficient (Wildman–Crippen LogP) is 6.21. The topological polar surface area (TPSA) is 63.4 Å². The lowest BCUT2D eigenvalue weighted by Crippen LogP contribution is -2.33. The Kier molecular flexibility index (Phi) is 5.25. The molecule has 2 aromatic heterocycles. The Bertz CT molecular complexity index is 1530. The molecular weight excluding hydrogens is 444 g/mol. The number of thiazole rings is 1. The third-order valence-electron chi connectivity index (χ3n) is 5.31. The van der Waals surface area contributed by atoms with Gasteiger partial charge in [-0.25, -0.2) is 4.98 Å². The molecule has 32 heavy (non-hydrogen) atoms. The number of benzene rings is 3. The molecule has 5 aromatic rings. The number of aromatic nitrogens is 1. The van der Waals surface area contributed by atoms with Crippen molar-refractivity contribution < 1.29 is 9.21 Å². The first-order chi connectivity index (χ1) is 15.5. The molecule has 7 heteroatoms. The van der Waals surface area contributed by atoms with Crippen LogP contribution in [0.4, 0.5) is 5.13 Å². The lowest BCUT2D eigenvalue weighted by atomic mass is 10.1. The first-order valence-corrected chi connectivity index (χ1v) is 11.1. The first-order valence-electron chi connectivity index (χ1n) is 9.95. The second-order valence-electron chi connectivity index (χ2n) is 7.37. The number of nitrogens with zero attached hydrogens (tertiary/aromatic N) is 2.